The molecule has 0 radical (unpaired) electrons. The molecule has 2 aromatic rings. The van der Waals surface area contributed by atoms with Crippen LogP contribution in [0.5, 0.6) is 5.75 Å². The molecule has 5 rings (SSSR count). The number of benzene rings is 1. The van der Waals surface area contributed by atoms with Gasteiger partial charge in [-0.25, -0.2) is 9.93 Å². The number of hydrazone groups is 1. The third-order valence-electron chi connectivity index (χ3n) is 6.86. The Morgan fingerprint density at radius 2 is 2.18 bits per heavy atom. The smallest absolute Gasteiger partial charge is 0.270 e. The number of carbonyl (C=O) groups excluding carboxylic acids is 1. The van der Waals surface area contributed by atoms with Crippen LogP contribution in [0.3, 0.4) is 0 Å². The molecule has 2 aliphatic heterocycles. The van der Waals surface area contributed by atoms with E-state index in [1.165, 1.54) is 12.1 Å². The molecule has 1 atom stereocenters. The molecular weight excluding hydrogens is 437 g/mol. The summed E-state index contributed by atoms with van der Waals surface area (Å²) in [5.74, 6) is 1.39. The number of halogens is 1. The number of amides is 1. The third-order valence-corrected chi connectivity index (χ3v) is 6.86. The second-order valence-electron chi connectivity index (χ2n) is 9.30. The first-order valence-corrected chi connectivity index (χ1v) is 11.6. The summed E-state index contributed by atoms with van der Waals surface area (Å²) >= 11 is 0. The second-order valence-corrected chi connectivity index (χ2v) is 9.30. The molecule has 0 unspecified atom stereocenters. The molecule has 3 heterocycles. The number of hydrogen-bond donors (Lipinski definition) is 3. The molecule has 2 fully saturated rings. The van der Waals surface area contributed by atoms with Crippen molar-refractivity contribution in [2.75, 3.05) is 32.1 Å². The van der Waals surface area contributed by atoms with Gasteiger partial charge in [0.2, 0.25) is 0 Å². The molecule has 1 aromatic carbocycles. The average Bonchev–Trinajstić information content (AvgIpc) is 3.46. The van der Waals surface area contributed by atoms with Crippen molar-refractivity contribution in [1.82, 2.24) is 26.4 Å². The predicted octanol–water partition coefficient (Wildman–Crippen LogP) is 2.22. The Morgan fingerprint density at radius 3 is 2.91 bits per heavy atom. The van der Waals surface area contributed by atoms with E-state index in [-0.39, 0.29) is 11.7 Å². The van der Waals surface area contributed by atoms with Gasteiger partial charge in [-0.3, -0.25) is 14.8 Å². The van der Waals surface area contributed by atoms with Crippen LogP contribution in [-0.2, 0) is 6.42 Å². The highest BCUT2D eigenvalue weighted by molar-refractivity contribution is 5.94. The second kappa shape index (κ2) is 9.09. The lowest BCUT2D eigenvalue weighted by molar-refractivity contribution is 0.0926. The van der Waals surface area contributed by atoms with Gasteiger partial charge in [-0.2, -0.15) is 0 Å². The number of hydrogen-bond acceptors (Lipinski definition) is 8. The lowest BCUT2D eigenvalue weighted by Gasteiger charge is -2.35. The minimum absolute atomic E-state index is 0.211. The summed E-state index contributed by atoms with van der Waals surface area (Å²) in [6, 6.07) is 8.29. The van der Waals surface area contributed by atoms with E-state index in [4.69, 9.17) is 4.74 Å². The number of rotatable bonds is 7. The van der Waals surface area contributed by atoms with E-state index < -0.39 is 5.54 Å². The van der Waals surface area contributed by atoms with Gasteiger partial charge in [0.1, 0.15) is 23.1 Å². The van der Waals surface area contributed by atoms with Gasteiger partial charge >= 0.3 is 0 Å². The zero-order valence-corrected chi connectivity index (χ0v) is 19.5. The van der Waals surface area contributed by atoms with Crippen LogP contribution in [0.4, 0.5) is 10.1 Å². The fourth-order valence-corrected chi connectivity index (χ4v) is 4.87. The maximum Gasteiger partial charge on any atom is 0.270 e. The van der Waals surface area contributed by atoms with Gasteiger partial charge in [-0.05, 0) is 68.0 Å². The Kier molecular flexibility index (Phi) is 5.99. The minimum Gasteiger partial charge on any atom is -0.496 e. The SMILES string of the molecule is COc1ccc(F)cc1CC1(NC(=O)c2cc(N3CCC[C@H](C4=NNNN4C)C3)ccn2)CC1. The van der Waals surface area contributed by atoms with E-state index in [1.54, 1.807) is 19.4 Å². The first kappa shape index (κ1) is 22.4. The predicted molar refractivity (Wildman–Crippen MR) is 127 cm³/mol. The molecule has 0 bridgehead atoms. The highest BCUT2D eigenvalue weighted by atomic mass is 19.1. The number of aromatic nitrogens is 1. The van der Waals surface area contributed by atoms with Crippen LogP contribution < -0.4 is 26.0 Å². The minimum atomic E-state index is -0.392. The molecule has 0 spiro atoms. The normalized spacial score (nSPS) is 21.0. The Balaban J connectivity index is 1.27. The number of nitrogens with zero attached hydrogens (tertiary/aromatic N) is 4. The summed E-state index contributed by atoms with van der Waals surface area (Å²) in [5.41, 5.74) is 7.50. The number of pyridine rings is 1. The van der Waals surface area contributed by atoms with Gasteiger partial charge in [0.05, 0.1) is 7.11 Å². The highest BCUT2D eigenvalue weighted by Crippen LogP contribution is 2.41. The van der Waals surface area contributed by atoms with Gasteiger partial charge in [0.15, 0.2) is 0 Å². The van der Waals surface area contributed by atoms with Crippen LogP contribution in [0, 0.1) is 11.7 Å². The van der Waals surface area contributed by atoms with Crippen molar-refractivity contribution in [1.29, 1.82) is 0 Å². The van der Waals surface area contributed by atoms with E-state index in [0.717, 1.165) is 55.9 Å². The number of nitrogens with one attached hydrogen (secondary N) is 3. The van der Waals surface area contributed by atoms with Gasteiger partial charge < -0.3 is 15.0 Å². The first-order valence-electron chi connectivity index (χ1n) is 11.6. The monoisotopic (exact) mass is 467 g/mol. The van der Waals surface area contributed by atoms with Gasteiger partial charge in [0, 0.05) is 43.5 Å². The van der Waals surface area contributed by atoms with Crippen molar-refractivity contribution in [3.05, 3.63) is 53.6 Å². The van der Waals surface area contributed by atoms with Crippen LogP contribution in [0.15, 0.2) is 41.6 Å². The van der Waals surface area contributed by atoms with Crippen LogP contribution >= 0.6 is 0 Å². The molecule has 10 heteroatoms. The number of methoxy groups -OCH3 is 1. The molecule has 9 nitrogen and oxygen atoms in total. The van der Waals surface area contributed by atoms with Gasteiger partial charge in [-0.1, -0.05) is 0 Å². The van der Waals surface area contributed by atoms with E-state index >= 15 is 0 Å². The van der Waals surface area contributed by atoms with Crippen LogP contribution in [0.1, 0.15) is 41.7 Å². The van der Waals surface area contributed by atoms with Crippen molar-refractivity contribution < 1.29 is 13.9 Å². The van der Waals surface area contributed by atoms with Crippen LogP contribution in [0.25, 0.3) is 0 Å². The number of hydrazine groups is 2. The fraction of sp³-hybridized carbons (Fsp3) is 0.458. The van der Waals surface area contributed by atoms with E-state index in [9.17, 15) is 9.18 Å². The highest BCUT2D eigenvalue weighted by Gasteiger charge is 2.45. The zero-order valence-electron chi connectivity index (χ0n) is 19.5. The Labute approximate surface area is 198 Å². The lowest BCUT2D eigenvalue weighted by Crippen LogP contribution is -2.45. The third kappa shape index (κ3) is 4.63. The van der Waals surface area contributed by atoms with E-state index in [0.29, 0.717) is 23.8 Å². The van der Waals surface area contributed by atoms with E-state index in [1.807, 2.05) is 24.2 Å². The summed E-state index contributed by atoms with van der Waals surface area (Å²) in [6.07, 6.45) is 5.98. The number of piperidine rings is 1. The zero-order chi connectivity index (χ0) is 23.7. The molecule has 1 saturated carbocycles. The molecular formula is C24H30FN7O2. The lowest BCUT2D eigenvalue weighted by atomic mass is 9.96. The van der Waals surface area contributed by atoms with Crippen molar-refractivity contribution in [3.63, 3.8) is 0 Å². The standard InChI is InChI=1S/C24H30FN7O2/c1-31-22(28-29-30-31)16-4-3-11-32(15-16)19-7-10-26-20(13-19)23(33)27-24(8-9-24)14-17-12-18(25)5-6-21(17)34-2/h5-7,10,12-13,16,29-30H,3-4,8-9,11,14-15H2,1-2H3,(H,27,33)/t16-/m0/s1. The van der Waals surface area contributed by atoms with Crippen molar-refractivity contribution in [2.24, 2.45) is 11.0 Å². The molecule has 3 aliphatic rings. The van der Waals surface area contributed by atoms with Crippen LogP contribution in [-0.4, -0.2) is 54.5 Å². The molecule has 1 amide bonds. The summed E-state index contributed by atoms with van der Waals surface area (Å²) in [4.78, 5) is 19.7. The van der Waals surface area contributed by atoms with Crippen molar-refractivity contribution in [3.8, 4) is 5.75 Å². The summed E-state index contributed by atoms with van der Waals surface area (Å²) in [5, 5.41) is 9.42. The van der Waals surface area contributed by atoms with Gasteiger partial charge in [-0.15, -0.1) is 10.6 Å². The Bertz CT molecular complexity index is 1100. The molecule has 180 valence electrons. The van der Waals surface area contributed by atoms with Crippen molar-refractivity contribution in [2.45, 2.75) is 37.6 Å². The average molecular weight is 468 g/mol. The van der Waals surface area contributed by atoms with Crippen molar-refractivity contribution >= 4 is 17.4 Å². The summed E-state index contributed by atoms with van der Waals surface area (Å²) in [6.45, 7) is 1.74. The van der Waals surface area contributed by atoms with Crippen LogP contribution in [0.2, 0.25) is 0 Å². The van der Waals surface area contributed by atoms with Gasteiger partial charge in [0.25, 0.3) is 5.91 Å². The fourth-order valence-electron chi connectivity index (χ4n) is 4.87. The number of amidine groups is 1. The van der Waals surface area contributed by atoms with E-state index in [2.05, 4.69) is 31.4 Å². The molecule has 1 saturated heterocycles. The largest absolute Gasteiger partial charge is 0.496 e. The quantitative estimate of drug-likeness (QED) is 0.575. The molecule has 3 N–H and O–H groups in total. The topological polar surface area (TPSA) is 94.1 Å². The molecule has 1 aliphatic carbocycles. The number of ether oxygens (including phenoxy) is 1. The number of anilines is 1. The number of carbonyl (C=O) groups is 1. The first-order chi connectivity index (χ1) is 16.5. The maximum absolute atomic E-state index is 13.8. The Hall–Kier alpha value is -3.40. The summed E-state index contributed by atoms with van der Waals surface area (Å²) in [7, 11) is 3.51. The maximum atomic E-state index is 13.8. The molecule has 34 heavy (non-hydrogen) atoms. The molecule has 1 aromatic heterocycles. The summed E-state index contributed by atoms with van der Waals surface area (Å²) < 4.78 is 19.2. The Morgan fingerprint density at radius 1 is 1.32 bits per heavy atom.